The third-order valence-corrected chi connectivity index (χ3v) is 5.20. The van der Waals surface area contributed by atoms with Crippen molar-refractivity contribution in [2.45, 2.75) is 89.9 Å². The lowest BCUT2D eigenvalue weighted by atomic mass is 10.1. The molecule has 6 heteroatoms. The van der Waals surface area contributed by atoms with Crippen LogP contribution in [0.25, 0.3) is 0 Å². The number of nitrogens with zero attached hydrogens (tertiary/aromatic N) is 1. The van der Waals surface area contributed by atoms with Crippen LogP contribution in [-0.4, -0.2) is 43.7 Å². The Morgan fingerprint density at radius 3 is 1.70 bits per heavy atom. The zero-order valence-electron chi connectivity index (χ0n) is 15.6. The van der Waals surface area contributed by atoms with Crippen LogP contribution in [0.2, 0.25) is 0 Å². The molecular formula is C17H38NO4S+. The highest BCUT2D eigenvalue weighted by molar-refractivity contribution is 7.86. The maximum Gasteiger partial charge on any atom is 0.298 e. The van der Waals surface area contributed by atoms with E-state index >= 15 is 0 Å². The summed E-state index contributed by atoms with van der Waals surface area (Å²) >= 11 is 0. The lowest BCUT2D eigenvalue weighted by Gasteiger charge is -2.29. The number of quaternary nitrogens is 1. The van der Waals surface area contributed by atoms with Gasteiger partial charge in [0.15, 0.2) is 0 Å². The average Bonchev–Trinajstić information content (AvgIpc) is 2.45. The summed E-state index contributed by atoms with van der Waals surface area (Å²) in [4.78, 5) is 5.53. The minimum atomic E-state index is -4.14. The number of hydrogen-bond donors (Lipinski definition) is 1. The molecule has 5 nitrogen and oxygen atoms in total. The summed E-state index contributed by atoms with van der Waals surface area (Å²) in [5, 5.41) is 0. The molecule has 0 spiro atoms. The van der Waals surface area contributed by atoms with Crippen LogP contribution in [-0.2, 0) is 15.0 Å². The molecule has 0 aliphatic rings. The van der Waals surface area contributed by atoms with Crippen LogP contribution in [0.1, 0.15) is 84.5 Å². The molecule has 0 aliphatic carbocycles. The van der Waals surface area contributed by atoms with Crippen molar-refractivity contribution >= 4 is 10.1 Å². The molecule has 0 saturated heterocycles. The zero-order chi connectivity index (χ0) is 17.8. The standard InChI is InChI=1S/C17H37NO4S/c1-5-7-8-9-10-11-12-13-14-15-16-18(3,4)22-17(6-2)23(19,20)21/h17H,5-16H2,1-4H3/p+1. The van der Waals surface area contributed by atoms with E-state index in [4.69, 9.17) is 9.39 Å². The molecule has 1 atom stereocenters. The van der Waals surface area contributed by atoms with E-state index in [2.05, 4.69) is 6.92 Å². The molecule has 0 aromatic carbocycles. The maximum absolute atomic E-state index is 11.2. The summed E-state index contributed by atoms with van der Waals surface area (Å²) in [5.41, 5.74) is -1.14. The molecule has 0 aliphatic heterocycles. The normalized spacial score (nSPS) is 14.1. The van der Waals surface area contributed by atoms with Crippen LogP contribution in [0.15, 0.2) is 0 Å². The first-order chi connectivity index (χ1) is 10.7. The van der Waals surface area contributed by atoms with Gasteiger partial charge >= 0.3 is 0 Å². The minimum Gasteiger partial charge on any atom is -0.283 e. The fourth-order valence-electron chi connectivity index (χ4n) is 2.69. The summed E-state index contributed by atoms with van der Waals surface area (Å²) in [5.74, 6) is 0. The van der Waals surface area contributed by atoms with Gasteiger partial charge in [0.2, 0.25) is 5.44 Å². The summed E-state index contributed by atoms with van der Waals surface area (Å²) < 4.78 is 31.7. The van der Waals surface area contributed by atoms with E-state index in [0.29, 0.717) is 0 Å². The SMILES string of the molecule is CCCCCCCCCCCC[N+](C)(C)OC(CC)S(=O)(=O)O. The first-order valence-corrected chi connectivity index (χ1v) is 10.7. The van der Waals surface area contributed by atoms with Crippen molar-refractivity contribution in [3.8, 4) is 0 Å². The molecule has 0 bridgehead atoms. The van der Waals surface area contributed by atoms with Crippen molar-refractivity contribution in [1.29, 1.82) is 0 Å². The first-order valence-electron chi connectivity index (χ1n) is 9.20. The Balaban J connectivity index is 3.74. The van der Waals surface area contributed by atoms with Gasteiger partial charge in [-0.25, -0.2) is 0 Å². The second-order valence-corrected chi connectivity index (χ2v) is 8.49. The van der Waals surface area contributed by atoms with E-state index in [1.54, 1.807) is 6.92 Å². The molecule has 0 aromatic rings. The van der Waals surface area contributed by atoms with Gasteiger partial charge in [0.25, 0.3) is 10.1 Å². The minimum absolute atomic E-state index is 0.162. The van der Waals surface area contributed by atoms with Crippen molar-refractivity contribution in [3.63, 3.8) is 0 Å². The molecule has 0 saturated carbocycles. The van der Waals surface area contributed by atoms with Crippen LogP contribution < -0.4 is 0 Å². The lowest BCUT2D eigenvalue weighted by Crippen LogP contribution is -2.45. The predicted molar refractivity (Wildman–Crippen MR) is 95.5 cm³/mol. The van der Waals surface area contributed by atoms with E-state index in [0.717, 1.165) is 19.4 Å². The van der Waals surface area contributed by atoms with Gasteiger partial charge < -0.3 is 0 Å². The van der Waals surface area contributed by atoms with E-state index in [1.807, 2.05) is 14.1 Å². The van der Waals surface area contributed by atoms with Crippen molar-refractivity contribution in [1.82, 2.24) is 0 Å². The molecule has 0 aromatic heterocycles. The Kier molecular flexibility index (Phi) is 12.1. The third-order valence-electron chi connectivity index (χ3n) is 4.12. The van der Waals surface area contributed by atoms with Gasteiger partial charge in [-0.1, -0.05) is 65.2 Å². The summed E-state index contributed by atoms with van der Waals surface area (Å²) in [6.07, 6.45) is 12.9. The Morgan fingerprint density at radius 2 is 1.30 bits per heavy atom. The summed E-state index contributed by atoms with van der Waals surface area (Å²) in [6.45, 7) is 4.68. The molecule has 1 N–H and O–H groups in total. The van der Waals surface area contributed by atoms with Crippen molar-refractivity contribution in [2.24, 2.45) is 0 Å². The molecule has 0 heterocycles. The third kappa shape index (κ3) is 12.9. The highest BCUT2D eigenvalue weighted by atomic mass is 32.2. The first kappa shape index (κ1) is 22.8. The van der Waals surface area contributed by atoms with Gasteiger partial charge in [0.1, 0.15) is 6.54 Å². The van der Waals surface area contributed by atoms with E-state index in [-0.39, 0.29) is 11.1 Å². The lowest BCUT2D eigenvalue weighted by molar-refractivity contribution is -1.08. The zero-order valence-corrected chi connectivity index (χ0v) is 16.4. The van der Waals surface area contributed by atoms with Crippen molar-refractivity contribution in [3.05, 3.63) is 0 Å². The Labute approximate surface area is 143 Å². The summed E-state index contributed by atoms with van der Waals surface area (Å²) in [6, 6.07) is 0. The molecule has 140 valence electrons. The van der Waals surface area contributed by atoms with Gasteiger partial charge in [0, 0.05) is 0 Å². The number of rotatable bonds is 15. The van der Waals surface area contributed by atoms with Crippen molar-refractivity contribution < 1.29 is 22.5 Å². The van der Waals surface area contributed by atoms with E-state index in [9.17, 15) is 8.42 Å². The van der Waals surface area contributed by atoms with Crippen LogP contribution in [0.5, 0.6) is 0 Å². The van der Waals surface area contributed by atoms with Gasteiger partial charge in [-0.3, -0.25) is 4.55 Å². The topological polar surface area (TPSA) is 63.6 Å². The fourth-order valence-corrected chi connectivity index (χ4v) is 3.45. The average molecular weight is 353 g/mol. The van der Waals surface area contributed by atoms with Gasteiger partial charge in [-0.2, -0.15) is 17.9 Å². The van der Waals surface area contributed by atoms with Crippen LogP contribution in [0.4, 0.5) is 0 Å². The molecule has 0 amide bonds. The molecular weight excluding hydrogens is 314 g/mol. The molecule has 23 heavy (non-hydrogen) atoms. The Morgan fingerprint density at radius 1 is 0.870 bits per heavy atom. The fraction of sp³-hybridized carbons (Fsp3) is 1.00. The second kappa shape index (κ2) is 12.2. The number of hydroxylamine groups is 3. The van der Waals surface area contributed by atoms with E-state index < -0.39 is 15.6 Å². The molecule has 1 unspecified atom stereocenters. The van der Waals surface area contributed by atoms with Gasteiger partial charge in [-0.15, -0.1) is 0 Å². The molecule has 0 radical (unpaired) electrons. The summed E-state index contributed by atoms with van der Waals surface area (Å²) in [7, 11) is -0.469. The van der Waals surface area contributed by atoms with Crippen molar-refractivity contribution in [2.75, 3.05) is 20.6 Å². The van der Waals surface area contributed by atoms with Gasteiger partial charge in [-0.05, 0) is 19.3 Å². The maximum atomic E-state index is 11.2. The quantitative estimate of drug-likeness (QED) is 0.203. The highest BCUT2D eigenvalue weighted by Crippen LogP contribution is 2.15. The highest BCUT2D eigenvalue weighted by Gasteiger charge is 2.31. The molecule has 0 fully saturated rings. The molecule has 0 rings (SSSR count). The predicted octanol–water partition coefficient (Wildman–Crippen LogP) is 4.54. The van der Waals surface area contributed by atoms with E-state index in [1.165, 1.54) is 51.4 Å². The monoisotopic (exact) mass is 352 g/mol. The largest absolute Gasteiger partial charge is 0.298 e. The van der Waals surface area contributed by atoms with Crippen LogP contribution in [0, 0.1) is 0 Å². The number of unbranched alkanes of at least 4 members (excludes halogenated alkanes) is 9. The smallest absolute Gasteiger partial charge is 0.283 e. The Hall–Kier alpha value is -0.170. The number of hydrogen-bond acceptors (Lipinski definition) is 3. The van der Waals surface area contributed by atoms with Gasteiger partial charge in [0.05, 0.1) is 14.1 Å². The Bertz CT molecular complexity index is 382. The van der Waals surface area contributed by atoms with Crippen LogP contribution >= 0.6 is 0 Å². The second-order valence-electron chi connectivity index (χ2n) is 6.94. The van der Waals surface area contributed by atoms with Crippen LogP contribution in [0.3, 0.4) is 0 Å².